The summed E-state index contributed by atoms with van der Waals surface area (Å²) in [7, 11) is 0. The lowest BCUT2D eigenvalue weighted by Crippen LogP contribution is -2.01. The van der Waals surface area contributed by atoms with Gasteiger partial charge >= 0.3 is 0 Å². The van der Waals surface area contributed by atoms with Crippen LogP contribution in [0.5, 0.6) is 5.75 Å². The minimum absolute atomic E-state index is 0.295. The van der Waals surface area contributed by atoms with Crippen molar-refractivity contribution in [2.75, 3.05) is 0 Å². The fourth-order valence-electron chi connectivity index (χ4n) is 1.79. The number of aliphatic hydroxyl groups excluding tert-OH is 1. The Bertz CT molecular complexity index is 552. The molecule has 0 spiro atoms. The third kappa shape index (κ3) is 3.32. The number of benzene rings is 1. The molecule has 1 N–H and O–H groups in total. The molecular formula is C14H17FN2O2. The molecule has 0 aliphatic carbocycles. The van der Waals surface area contributed by atoms with E-state index in [0.717, 1.165) is 12.1 Å². The molecule has 1 unspecified atom stereocenters. The molecule has 19 heavy (non-hydrogen) atoms. The van der Waals surface area contributed by atoms with Crippen LogP contribution in [0.4, 0.5) is 4.39 Å². The molecule has 0 saturated heterocycles. The average Bonchev–Trinajstić information content (AvgIpc) is 2.84. The van der Waals surface area contributed by atoms with Gasteiger partial charge in [-0.25, -0.2) is 4.39 Å². The maximum Gasteiger partial charge on any atom is 0.128 e. The lowest BCUT2D eigenvalue weighted by Gasteiger charge is -2.12. The van der Waals surface area contributed by atoms with Crippen LogP contribution in [0.2, 0.25) is 0 Å². The largest absolute Gasteiger partial charge is 0.488 e. The molecular weight excluding hydrogens is 247 g/mol. The highest BCUT2D eigenvalue weighted by Crippen LogP contribution is 2.26. The van der Waals surface area contributed by atoms with E-state index < -0.39 is 6.10 Å². The van der Waals surface area contributed by atoms with Gasteiger partial charge in [0, 0.05) is 29.9 Å². The minimum Gasteiger partial charge on any atom is -0.488 e. The van der Waals surface area contributed by atoms with Crippen LogP contribution in [-0.4, -0.2) is 14.9 Å². The molecule has 1 atom stereocenters. The zero-order valence-electron chi connectivity index (χ0n) is 11.0. The molecule has 2 aromatic rings. The highest BCUT2D eigenvalue weighted by atomic mass is 19.1. The number of halogens is 1. The number of aryl methyl sites for hydroxylation is 1. The Labute approximate surface area is 111 Å². The van der Waals surface area contributed by atoms with Gasteiger partial charge in [0.1, 0.15) is 18.2 Å². The predicted octanol–water partition coefficient (Wildman–Crippen LogP) is 2.67. The summed E-state index contributed by atoms with van der Waals surface area (Å²) in [6.45, 7) is 4.70. The highest BCUT2D eigenvalue weighted by Gasteiger charge is 2.11. The van der Waals surface area contributed by atoms with Crippen molar-refractivity contribution in [2.45, 2.75) is 33.1 Å². The molecule has 0 fully saturated rings. The SMILES string of the molecule is CCn1cc(COc2cc(F)ccc2C(C)O)cn1. The number of aliphatic hydroxyl groups is 1. The highest BCUT2D eigenvalue weighted by molar-refractivity contribution is 5.35. The van der Waals surface area contributed by atoms with Crippen LogP contribution in [0.25, 0.3) is 0 Å². The van der Waals surface area contributed by atoms with E-state index >= 15 is 0 Å². The van der Waals surface area contributed by atoms with E-state index in [4.69, 9.17) is 4.74 Å². The average molecular weight is 264 g/mol. The van der Waals surface area contributed by atoms with Crippen molar-refractivity contribution in [2.24, 2.45) is 0 Å². The van der Waals surface area contributed by atoms with Gasteiger partial charge in [0.05, 0.1) is 12.3 Å². The normalized spacial score (nSPS) is 12.4. The summed E-state index contributed by atoms with van der Waals surface area (Å²) in [5, 5.41) is 13.8. The zero-order chi connectivity index (χ0) is 13.8. The van der Waals surface area contributed by atoms with E-state index in [1.165, 1.54) is 18.2 Å². The minimum atomic E-state index is -0.700. The first-order valence-electron chi connectivity index (χ1n) is 6.21. The second kappa shape index (κ2) is 5.84. The van der Waals surface area contributed by atoms with Gasteiger partial charge < -0.3 is 9.84 Å². The van der Waals surface area contributed by atoms with E-state index in [9.17, 15) is 9.50 Å². The van der Waals surface area contributed by atoms with Crippen molar-refractivity contribution in [1.82, 2.24) is 9.78 Å². The molecule has 1 aromatic heterocycles. The van der Waals surface area contributed by atoms with Crippen molar-refractivity contribution in [3.05, 3.63) is 47.5 Å². The van der Waals surface area contributed by atoms with Gasteiger partial charge in [-0.3, -0.25) is 4.68 Å². The summed E-state index contributed by atoms with van der Waals surface area (Å²) >= 11 is 0. The lowest BCUT2D eigenvalue weighted by molar-refractivity contribution is 0.190. The summed E-state index contributed by atoms with van der Waals surface area (Å²) in [4.78, 5) is 0. The monoisotopic (exact) mass is 264 g/mol. The summed E-state index contributed by atoms with van der Waals surface area (Å²) in [6, 6.07) is 4.13. The Hall–Kier alpha value is -1.88. The number of rotatable bonds is 5. The molecule has 4 nitrogen and oxygen atoms in total. The Morgan fingerprint density at radius 1 is 1.47 bits per heavy atom. The molecule has 5 heteroatoms. The van der Waals surface area contributed by atoms with Crippen molar-refractivity contribution >= 4 is 0 Å². The summed E-state index contributed by atoms with van der Waals surface area (Å²) in [5.41, 5.74) is 1.48. The van der Waals surface area contributed by atoms with Gasteiger partial charge in [0.25, 0.3) is 0 Å². The molecule has 0 aliphatic heterocycles. The molecule has 0 radical (unpaired) electrons. The number of aromatic nitrogens is 2. The number of ether oxygens (including phenoxy) is 1. The van der Waals surface area contributed by atoms with Crippen molar-refractivity contribution < 1.29 is 14.2 Å². The molecule has 1 heterocycles. The molecule has 102 valence electrons. The first-order chi connectivity index (χ1) is 9.10. The van der Waals surface area contributed by atoms with Crippen LogP contribution in [0.3, 0.4) is 0 Å². The maximum absolute atomic E-state index is 13.2. The Balaban J connectivity index is 2.12. The van der Waals surface area contributed by atoms with Gasteiger partial charge in [-0.2, -0.15) is 5.10 Å². The fourth-order valence-corrected chi connectivity index (χ4v) is 1.79. The maximum atomic E-state index is 13.2. The van der Waals surface area contributed by atoms with Gasteiger partial charge in [-0.1, -0.05) is 0 Å². The summed E-state index contributed by atoms with van der Waals surface area (Å²) in [5.74, 6) is -0.0251. The van der Waals surface area contributed by atoms with Crippen LogP contribution < -0.4 is 4.74 Å². The lowest BCUT2D eigenvalue weighted by atomic mass is 10.1. The summed E-state index contributed by atoms with van der Waals surface area (Å²) in [6.07, 6.45) is 2.89. The number of hydrogen-bond acceptors (Lipinski definition) is 3. The molecule has 0 aliphatic rings. The van der Waals surface area contributed by atoms with Gasteiger partial charge in [0.2, 0.25) is 0 Å². The van der Waals surface area contributed by atoms with Crippen LogP contribution in [0, 0.1) is 5.82 Å². The Kier molecular flexibility index (Phi) is 4.16. The van der Waals surface area contributed by atoms with Crippen molar-refractivity contribution in [3.8, 4) is 5.75 Å². The van der Waals surface area contributed by atoms with Crippen molar-refractivity contribution in [1.29, 1.82) is 0 Å². The topological polar surface area (TPSA) is 47.3 Å². The molecule has 1 aromatic carbocycles. The molecule has 2 rings (SSSR count). The van der Waals surface area contributed by atoms with Crippen molar-refractivity contribution in [3.63, 3.8) is 0 Å². The summed E-state index contributed by atoms with van der Waals surface area (Å²) < 4.78 is 20.6. The van der Waals surface area contributed by atoms with E-state index in [2.05, 4.69) is 5.10 Å². The zero-order valence-corrected chi connectivity index (χ0v) is 11.0. The van der Waals surface area contributed by atoms with E-state index in [-0.39, 0.29) is 5.82 Å². The quantitative estimate of drug-likeness (QED) is 0.903. The van der Waals surface area contributed by atoms with Crippen LogP contribution in [0.1, 0.15) is 31.1 Å². The first kappa shape index (κ1) is 13.5. The van der Waals surface area contributed by atoms with Gasteiger partial charge in [-0.05, 0) is 26.0 Å². The first-order valence-corrected chi connectivity index (χ1v) is 6.21. The second-order valence-corrected chi connectivity index (χ2v) is 4.35. The number of hydrogen-bond donors (Lipinski definition) is 1. The van der Waals surface area contributed by atoms with E-state index in [1.54, 1.807) is 17.8 Å². The molecule has 0 bridgehead atoms. The van der Waals surface area contributed by atoms with Crippen LogP contribution in [0.15, 0.2) is 30.6 Å². The standard InChI is InChI=1S/C14H17FN2O2/c1-3-17-8-11(7-16-17)9-19-14-6-12(15)4-5-13(14)10(2)18/h4-8,10,18H,3,9H2,1-2H3. The second-order valence-electron chi connectivity index (χ2n) is 4.35. The van der Waals surface area contributed by atoms with Gasteiger partial charge in [-0.15, -0.1) is 0 Å². The molecule has 0 amide bonds. The Morgan fingerprint density at radius 2 is 2.26 bits per heavy atom. The fraction of sp³-hybridized carbons (Fsp3) is 0.357. The third-order valence-corrected chi connectivity index (χ3v) is 2.83. The smallest absolute Gasteiger partial charge is 0.128 e. The van der Waals surface area contributed by atoms with E-state index in [1.807, 2.05) is 13.1 Å². The predicted molar refractivity (Wildman–Crippen MR) is 69.3 cm³/mol. The third-order valence-electron chi connectivity index (χ3n) is 2.83. The van der Waals surface area contributed by atoms with Crippen LogP contribution >= 0.6 is 0 Å². The molecule has 0 saturated carbocycles. The van der Waals surface area contributed by atoms with E-state index in [0.29, 0.717) is 17.9 Å². The van der Waals surface area contributed by atoms with Crippen LogP contribution in [-0.2, 0) is 13.2 Å². The van der Waals surface area contributed by atoms with Gasteiger partial charge in [0.15, 0.2) is 0 Å². The number of nitrogens with zero attached hydrogens (tertiary/aromatic N) is 2. The Morgan fingerprint density at radius 3 is 2.89 bits per heavy atom.